The van der Waals surface area contributed by atoms with E-state index in [1.807, 2.05) is 13.8 Å². The predicted molar refractivity (Wildman–Crippen MR) is 82.2 cm³/mol. The summed E-state index contributed by atoms with van der Waals surface area (Å²) in [5.41, 5.74) is 0. The Hall–Kier alpha value is 0.570. The molecule has 0 aliphatic carbocycles. The van der Waals surface area contributed by atoms with Crippen LogP contribution in [0.2, 0.25) is 0 Å². The zero-order valence-electron chi connectivity index (χ0n) is 12.5. The summed E-state index contributed by atoms with van der Waals surface area (Å²) in [5.74, 6) is -0.0171. The van der Waals surface area contributed by atoms with E-state index in [0.717, 1.165) is 0 Å². The molecular weight excluding hydrogens is 354 g/mol. The van der Waals surface area contributed by atoms with Crippen LogP contribution in [-0.4, -0.2) is 66.5 Å². The number of hydrogen-bond donors (Lipinski definition) is 1. The lowest BCUT2D eigenvalue weighted by Crippen LogP contribution is -2.44. The molecule has 0 aromatic carbocycles. The van der Waals surface area contributed by atoms with Gasteiger partial charge in [-0.15, -0.1) is 23.2 Å². The second-order valence-electron chi connectivity index (χ2n) is 5.94. The molecule has 7 nitrogen and oxygen atoms in total. The van der Waals surface area contributed by atoms with Gasteiger partial charge in [0.1, 0.15) is 24.5 Å². The Morgan fingerprint density at radius 1 is 1.23 bits per heavy atom. The van der Waals surface area contributed by atoms with E-state index in [4.69, 9.17) is 41.9 Å². The molecule has 5 atom stereocenters. The summed E-state index contributed by atoms with van der Waals surface area (Å²) in [6.07, 6.45) is -1.39. The van der Waals surface area contributed by atoms with E-state index >= 15 is 0 Å². The lowest BCUT2D eigenvalue weighted by atomic mass is 10.1. The van der Waals surface area contributed by atoms with Gasteiger partial charge in [0, 0.05) is 24.8 Å². The Morgan fingerprint density at radius 2 is 1.86 bits per heavy atom. The topological polar surface area (TPSA) is 69.3 Å². The molecule has 3 aliphatic heterocycles. The van der Waals surface area contributed by atoms with Gasteiger partial charge in [0.2, 0.25) is 0 Å². The maximum absolute atomic E-state index is 13.2. The van der Waals surface area contributed by atoms with Gasteiger partial charge in [0.05, 0.1) is 6.61 Å². The minimum Gasteiger partial charge on any atom is -0.352 e. The standard InChI is InChI=1S/C12H21Cl2N2O5P/c1-12(2)20-9-8-7-18-22(17,16(5-3-13)6-4-14)15-11(19-8)10(9)21-12/h8-11H,3-7H2,1-2H3,(H,15,17). The van der Waals surface area contributed by atoms with E-state index in [-0.39, 0.29) is 24.9 Å². The predicted octanol–water partition coefficient (Wildman–Crippen LogP) is 1.74. The van der Waals surface area contributed by atoms with E-state index < -0.39 is 19.7 Å². The van der Waals surface area contributed by atoms with E-state index in [0.29, 0.717) is 24.8 Å². The lowest BCUT2D eigenvalue weighted by Gasteiger charge is -2.32. The zero-order valence-corrected chi connectivity index (χ0v) is 14.9. The smallest absolute Gasteiger partial charge is 0.345 e. The number of rotatable bonds is 5. The van der Waals surface area contributed by atoms with Gasteiger partial charge in [-0.25, -0.2) is 9.76 Å². The van der Waals surface area contributed by atoms with E-state index in [1.165, 1.54) is 0 Å². The van der Waals surface area contributed by atoms with Gasteiger partial charge in [-0.2, -0.15) is 0 Å². The molecular formula is C12H21Cl2N2O5P. The maximum Gasteiger partial charge on any atom is 0.345 e. The van der Waals surface area contributed by atoms with Crippen LogP contribution in [0.4, 0.5) is 0 Å². The Morgan fingerprint density at radius 3 is 2.50 bits per heavy atom. The monoisotopic (exact) mass is 374 g/mol. The summed E-state index contributed by atoms with van der Waals surface area (Å²) in [6, 6.07) is 0. The van der Waals surface area contributed by atoms with Crippen LogP contribution in [0.15, 0.2) is 0 Å². The zero-order chi connectivity index (χ0) is 16.0. The summed E-state index contributed by atoms with van der Waals surface area (Å²) in [7, 11) is -3.28. The van der Waals surface area contributed by atoms with Crippen molar-refractivity contribution in [2.45, 2.75) is 44.2 Å². The van der Waals surface area contributed by atoms with Gasteiger partial charge in [-0.1, -0.05) is 0 Å². The fourth-order valence-corrected chi connectivity index (χ4v) is 5.68. The largest absolute Gasteiger partial charge is 0.352 e. The second kappa shape index (κ2) is 6.47. The van der Waals surface area contributed by atoms with Crippen molar-refractivity contribution >= 4 is 30.9 Å². The fraction of sp³-hybridized carbons (Fsp3) is 1.00. The molecule has 0 aromatic heterocycles. The van der Waals surface area contributed by atoms with Gasteiger partial charge in [0.15, 0.2) is 5.79 Å². The van der Waals surface area contributed by atoms with Crippen molar-refractivity contribution in [3.63, 3.8) is 0 Å². The molecule has 1 N–H and O–H groups in total. The molecule has 3 heterocycles. The third-order valence-electron chi connectivity index (χ3n) is 3.91. The molecule has 0 radical (unpaired) electrons. The Bertz CT molecular complexity index is 463. The summed E-state index contributed by atoms with van der Waals surface area (Å²) in [5, 5.41) is 2.98. The van der Waals surface area contributed by atoms with E-state index in [9.17, 15) is 4.57 Å². The summed E-state index contributed by atoms with van der Waals surface area (Å²) in [6.45, 7) is 4.69. The molecule has 0 amide bonds. The number of fused-ring (bicyclic) bond motifs is 5. The normalized spacial score (nSPS) is 43.3. The van der Waals surface area contributed by atoms with Crippen molar-refractivity contribution < 1.29 is 23.3 Å². The lowest BCUT2D eigenvalue weighted by molar-refractivity contribution is -0.188. The molecule has 3 fully saturated rings. The quantitative estimate of drug-likeness (QED) is 0.580. The Kier molecular flexibility index (Phi) is 5.11. The third-order valence-corrected chi connectivity index (χ3v) is 6.47. The minimum atomic E-state index is -3.28. The summed E-state index contributed by atoms with van der Waals surface area (Å²) >= 11 is 11.6. The average Bonchev–Trinajstić information content (AvgIpc) is 2.83. The highest BCUT2D eigenvalue weighted by atomic mass is 35.5. The first-order valence-corrected chi connectivity index (χ1v) is 9.94. The van der Waals surface area contributed by atoms with Crippen LogP contribution < -0.4 is 5.09 Å². The van der Waals surface area contributed by atoms with Crippen LogP contribution >= 0.6 is 30.9 Å². The van der Waals surface area contributed by atoms with Crippen molar-refractivity contribution in [1.82, 2.24) is 9.76 Å². The molecule has 5 unspecified atom stereocenters. The SMILES string of the molecule is CC1(C)OC2C3COP(=O)(N(CCCl)CCCl)NC(O3)C2O1. The molecule has 0 spiro atoms. The first-order chi connectivity index (χ1) is 10.4. The van der Waals surface area contributed by atoms with Gasteiger partial charge in [0.25, 0.3) is 0 Å². The average molecular weight is 375 g/mol. The minimum absolute atomic E-state index is 0.169. The number of nitrogens with one attached hydrogen (secondary N) is 1. The number of halogens is 2. The molecule has 3 saturated heterocycles. The van der Waals surface area contributed by atoms with Crippen LogP contribution in [0.3, 0.4) is 0 Å². The summed E-state index contributed by atoms with van der Waals surface area (Å²) < 4.78 is 38.0. The highest BCUT2D eigenvalue weighted by Gasteiger charge is 2.59. The van der Waals surface area contributed by atoms with Crippen molar-refractivity contribution in [2.24, 2.45) is 0 Å². The van der Waals surface area contributed by atoms with Crippen LogP contribution in [0.5, 0.6) is 0 Å². The van der Waals surface area contributed by atoms with Crippen LogP contribution in [0.1, 0.15) is 13.8 Å². The molecule has 3 rings (SSSR count). The molecule has 128 valence electrons. The highest BCUT2D eigenvalue weighted by molar-refractivity contribution is 7.54. The number of hydrogen-bond acceptors (Lipinski definition) is 5. The van der Waals surface area contributed by atoms with Gasteiger partial charge < -0.3 is 18.7 Å². The number of ether oxygens (including phenoxy) is 3. The molecule has 0 aromatic rings. The first-order valence-electron chi connectivity index (χ1n) is 7.29. The number of alkyl halides is 2. The molecule has 0 saturated carbocycles. The van der Waals surface area contributed by atoms with Crippen LogP contribution in [-0.2, 0) is 23.3 Å². The maximum atomic E-state index is 13.2. The fourth-order valence-electron chi connectivity index (χ4n) is 3.03. The van der Waals surface area contributed by atoms with Crippen molar-refractivity contribution in [3.05, 3.63) is 0 Å². The van der Waals surface area contributed by atoms with Crippen LogP contribution in [0, 0.1) is 0 Å². The Labute approximate surface area is 140 Å². The first kappa shape index (κ1) is 17.4. The summed E-state index contributed by atoms with van der Waals surface area (Å²) in [4.78, 5) is 0. The van der Waals surface area contributed by atoms with E-state index in [1.54, 1.807) is 4.67 Å². The van der Waals surface area contributed by atoms with E-state index in [2.05, 4.69) is 5.09 Å². The van der Waals surface area contributed by atoms with Gasteiger partial charge >= 0.3 is 7.67 Å². The molecule has 2 bridgehead atoms. The highest BCUT2D eigenvalue weighted by Crippen LogP contribution is 2.52. The number of nitrogens with zero attached hydrogens (tertiary/aromatic N) is 1. The van der Waals surface area contributed by atoms with Crippen molar-refractivity contribution in [1.29, 1.82) is 0 Å². The molecule has 10 heteroatoms. The third kappa shape index (κ3) is 3.21. The van der Waals surface area contributed by atoms with Crippen molar-refractivity contribution in [3.8, 4) is 0 Å². The van der Waals surface area contributed by atoms with Gasteiger partial charge in [-0.05, 0) is 13.8 Å². The van der Waals surface area contributed by atoms with Gasteiger partial charge in [-0.3, -0.25) is 4.57 Å². The van der Waals surface area contributed by atoms with Crippen LogP contribution in [0.25, 0.3) is 0 Å². The van der Waals surface area contributed by atoms with Crippen molar-refractivity contribution in [2.75, 3.05) is 31.5 Å². The Balaban J connectivity index is 1.78. The second-order valence-corrected chi connectivity index (χ2v) is 8.82. The molecule has 3 aliphatic rings. The molecule has 22 heavy (non-hydrogen) atoms.